The lowest BCUT2D eigenvalue weighted by Crippen LogP contribution is -2.55. The molecule has 1 atom stereocenters. The highest BCUT2D eigenvalue weighted by Gasteiger charge is 2.64. The summed E-state index contributed by atoms with van der Waals surface area (Å²) in [7, 11) is 3.19. The highest BCUT2D eigenvalue weighted by atomic mass is 16.7. The first-order valence-electron chi connectivity index (χ1n) is 8.68. The molecule has 0 aromatic heterocycles. The first kappa shape index (κ1) is 18.7. The number of hydrogen-bond donors (Lipinski definition) is 1. The zero-order chi connectivity index (χ0) is 17.4. The maximum absolute atomic E-state index is 13.1. The maximum atomic E-state index is 13.1. The van der Waals surface area contributed by atoms with Gasteiger partial charge in [-0.25, -0.2) is 0 Å². The van der Waals surface area contributed by atoms with Gasteiger partial charge >= 0.3 is 5.97 Å². The van der Waals surface area contributed by atoms with Crippen molar-refractivity contribution in [2.45, 2.75) is 89.1 Å². The van der Waals surface area contributed by atoms with E-state index in [0.717, 1.165) is 19.3 Å². The molecule has 0 spiro atoms. The molecule has 0 radical (unpaired) electrons. The molecule has 5 nitrogen and oxygen atoms in total. The Morgan fingerprint density at radius 3 is 1.96 bits per heavy atom. The SMILES string of the molecule is COC1(OC)CCC(C(=O)OC(C)(C)C)(C2(O)CCCCC2)C1. The molecule has 1 N–H and O–H groups in total. The molecule has 0 aromatic carbocycles. The molecule has 134 valence electrons. The highest BCUT2D eigenvalue weighted by Crippen LogP contribution is 2.57. The molecule has 23 heavy (non-hydrogen) atoms. The van der Waals surface area contributed by atoms with Gasteiger partial charge in [-0.1, -0.05) is 19.3 Å². The lowest BCUT2D eigenvalue weighted by atomic mass is 9.63. The molecule has 2 rings (SSSR count). The van der Waals surface area contributed by atoms with Crippen molar-refractivity contribution in [1.29, 1.82) is 0 Å². The Hall–Kier alpha value is -0.650. The molecule has 0 aliphatic heterocycles. The van der Waals surface area contributed by atoms with E-state index in [-0.39, 0.29) is 5.97 Å². The van der Waals surface area contributed by atoms with Crippen LogP contribution in [0, 0.1) is 5.41 Å². The van der Waals surface area contributed by atoms with Crippen LogP contribution >= 0.6 is 0 Å². The van der Waals surface area contributed by atoms with Crippen LogP contribution in [0.1, 0.15) is 72.1 Å². The van der Waals surface area contributed by atoms with E-state index in [2.05, 4.69) is 0 Å². The van der Waals surface area contributed by atoms with Crippen molar-refractivity contribution in [1.82, 2.24) is 0 Å². The molecule has 2 aliphatic carbocycles. The van der Waals surface area contributed by atoms with Crippen LogP contribution in [0.4, 0.5) is 0 Å². The number of carbonyl (C=O) groups is 1. The number of methoxy groups -OCH3 is 2. The summed E-state index contributed by atoms with van der Waals surface area (Å²) in [5, 5.41) is 11.4. The van der Waals surface area contributed by atoms with Crippen LogP contribution in [0.15, 0.2) is 0 Å². The molecule has 0 heterocycles. The number of ether oxygens (including phenoxy) is 3. The van der Waals surface area contributed by atoms with Crippen LogP contribution in [0.2, 0.25) is 0 Å². The second kappa shape index (κ2) is 6.34. The van der Waals surface area contributed by atoms with Gasteiger partial charge in [0.25, 0.3) is 0 Å². The van der Waals surface area contributed by atoms with Crippen LogP contribution < -0.4 is 0 Å². The van der Waals surface area contributed by atoms with Crippen LogP contribution in [0.25, 0.3) is 0 Å². The summed E-state index contributed by atoms with van der Waals surface area (Å²) in [4.78, 5) is 13.1. The van der Waals surface area contributed by atoms with Gasteiger partial charge in [-0.15, -0.1) is 0 Å². The second-order valence-electron chi connectivity index (χ2n) is 8.17. The lowest BCUT2D eigenvalue weighted by molar-refractivity contribution is -0.225. The molecule has 0 saturated heterocycles. The summed E-state index contributed by atoms with van der Waals surface area (Å²) in [6.45, 7) is 5.58. The van der Waals surface area contributed by atoms with Gasteiger partial charge in [0.15, 0.2) is 5.79 Å². The largest absolute Gasteiger partial charge is 0.459 e. The fourth-order valence-electron chi connectivity index (χ4n) is 4.22. The van der Waals surface area contributed by atoms with E-state index in [1.807, 2.05) is 20.8 Å². The quantitative estimate of drug-likeness (QED) is 0.634. The Morgan fingerprint density at radius 1 is 0.957 bits per heavy atom. The molecule has 5 heteroatoms. The molecular weight excluding hydrogens is 296 g/mol. The molecule has 0 aromatic rings. The third-order valence-electron chi connectivity index (χ3n) is 5.61. The lowest BCUT2D eigenvalue weighted by Gasteiger charge is -2.47. The highest BCUT2D eigenvalue weighted by molar-refractivity contribution is 5.79. The monoisotopic (exact) mass is 328 g/mol. The molecular formula is C18H32O5. The van der Waals surface area contributed by atoms with Crippen LogP contribution in [-0.2, 0) is 19.0 Å². The van der Waals surface area contributed by atoms with Gasteiger partial charge in [0, 0.05) is 27.1 Å². The number of hydrogen-bond acceptors (Lipinski definition) is 5. The Kier molecular flexibility index (Phi) is 5.15. The summed E-state index contributed by atoms with van der Waals surface area (Å²) in [5.41, 5.74) is -2.57. The smallest absolute Gasteiger partial charge is 0.315 e. The molecule has 2 aliphatic rings. The van der Waals surface area contributed by atoms with Crippen LogP contribution in [0.5, 0.6) is 0 Å². The van der Waals surface area contributed by atoms with Gasteiger partial charge in [-0.05, 0) is 40.0 Å². The minimum atomic E-state index is -1.04. The molecule has 1 unspecified atom stereocenters. The predicted octanol–water partition coefficient (Wildman–Crippen LogP) is 3.18. The number of rotatable bonds is 4. The molecule has 0 amide bonds. The first-order chi connectivity index (χ1) is 10.6. The van der Waals surface area contributed by atoms with Crippen molar-refractivity contribution >= 4 is 5.97 Å². The molecule has 0 bridgehead atoms. The molecule has 2 fully saturated rings. The van der Waals surface area contributed by atoms with Crippen molar-refractivity contribution in [3.8, 4) is 0 Å². The predicted molar refractivity (Wildman–Crippen MR) is 86.9 cm³/mol. The van der Waals surface area contributed by atoms with E-state index in [0.29, 0.717) is 32.1 Å². The van der Waals surface area contributed by atoms with E-state index < -0.39 is 22.4 Å². The van der Waals surface area contributed by atoms with Gasteiger partial charge < -0.3 is 19.3 Å². The number of aliphatic hydroxyl groups is 1. The summed E-state index contributed by atoms with van der Waals surface area (Å²) >= 11 is 0. The van der Waals surface area contributed by atoms with E-state index in [1.54, 1.807) is 14.2 Å². The summed E-state index contributed by atoms with van der Waals surface area (Å²) in [6.07, 6.45) is 5.71. The second-order valence-corrected chi connectivity index (χ2v) is 8.17. The molecule has 2 saturated carbocycles. The van der Waals surface area contributed by atoms with E-state index in [4.69, 9.17) is 14.2 Å². The minimum absolute atomic E-state index is 0.314. The van der Waals surface area contributed by atoms with E-state index >= 15 is 0 Å². The van der Waals surface area contributed by atoms with Gasteiger partial charge in [-0.2, -0.15) is 0 Å². The number of carbonyl (C=O) groups excluding carboxylic acids is 1. The third-order valence-corrected chi connectivity index (χ3v) is 5.61. The Labute approximate surface area is 139 Å². The Balaban J connectivity index is 2.38. The van der Waals surface area contributed by atoms with Crippen molar-refractivity contribution in [2.24, 2.45) is 5.41 Å². The third kappa shape index (κ3) is 3.42. The van der Waals surface area contributed by atoms with Crippen molar-refractivity contribution in [3.05, 3.63) is 0 Å². The van der Waals surface area contributed by atoms with Crippen LogP contribution in [-0.4, -0.2) is 42.3 Å². The fraction of sp³-hybridized carbons (Fsp3) is 0.944. The van der Waals surface area contributed by atoms with E-state index in [9.17, 15) is 9.90 Å². The fourth-order valence-corrected chi connectivity index (χ4v) is 4.22. The van der Waals surface area contributed by atoms with Crippen molar-refractivity contribution < 1.29 is 24.1 Å². The van der Waals surface area contributed by atoms with Crippen molar-refractivity contribution in [2.75, 3.05) is 14.2 Å². The summed E-state index contributed by atoms with van der Waals surface area (Å²) < 4.78 is 16.9. The Bertz CT molecular complexity index is 429. The van der Waals surface area contributed by atoms with Gasteiger partial charge in [0.1, 0.15) is 11.0 Å². The normalized spacial score (nSPS) is 30.2. The van der Waals surface area contributed by atoms with Gasteiger partial charge in [0.2, 0.25) is 0 Å². The van der Waals surface area contributed by atoms with E-state index in [1.165, 1.54) is 0 Å². The standard InChI is InChI=1S/C18H32O5/c1-15(2,3)23-14(19)16(17(20)9-7-6-8-10-17)11-12-18(13-16,21-4)22-5/h20H,6-13H2,1-5H3. The summed E-state index contributed by atoms with van der Waals surface area (Å²) in [6, 6.07) is 0. The van der Waals surface area contributed by atoms with Crippen LogP contribution in [0.3, 0.4) is 0 Å². The minimum Gasteiger partial charge on any atom is -0.459 e. The number of esters is 1. The average molecular weight is 328 g/mol. The van der Waals surface area contributed by atoms with Gasteiger partial charge in [-0.3, -0.25) is 4.79 Å². The van der Waals surface area contributed by atoms with Crippen molar-refractivity contribution in [3.63, 3.8) is 0 Å². The first-order valence-corrected chi connectivity index (χ1v) is 8.68. The topological polar surface area (TPSA) is 65.0 Å². The van der Waals surface area contributed by atoms with Gasteiger partial charge in [0.05, 0.1) is 5.60 Å². The maximum Gasteiger partial charge on any atom is 0.315 e. The average Bonchev–Trinajstić information content (AvgIpc) is 2.89. The zero-order valence-corrected chi connectivity index (χ0v) is 15.2. The zero-order valence-electron chi connectivity index (χ0n) is 15.2. The summed E-state index contributed by atoms with van der Waals surface area (Å²) in [5.74, 6) is -1.13. The Morgan fingerprint density at radius 2 is 1.52 bits per heavy atom.